The SMILES string of the molecule is CCCCC1C(C(N)=O)C(C(N)=O)CN1CCCC.Cl. The van der Waals surface area contributed by atoms with E-state index in [1.54, 1.807) is 0 Å². The number of carbonyl (C=O) groups is 2. The standard InChI is InChI=1S/C14H27N3O2.ClH/c1-3-5-7-11-12(14(16)19)10(13(15)18)9-17(11)8-6-4-2;/h10-12H,3-9H2,1-2H3,(H2,15,18)(H2,16,19);1H. The van der Waals surface area contributed by atoms with Gasteiger partial charge in [-0.2, -0.15) is 0 Å². The molecule has 1 heterocycles. The Morgan fingerprint density at radius 1 is 1.10 bits per heavy atom. The molecule has 0 radical (unpaired) electrons. The zero-order chi connectivity index (χ0) is 14.4. The van der Waals surface area contributed by atoms with Gasteiger partial charge in [-0.05, 0) is 19.4 Å². The van der Waals surface area contributed by atoms with E-state index in [2.05, 4.69) is 18.7 Å². The van der Waals surface area contributed by atoms with Gasteiger partial charge in [0.05, 0.1) is 11.8 Å². The van der Waals surface area contributed by atoms with Crippen LogP contribution in [0.2, 0.25) is 0 Å². The number of carbonyl (C=O) groups excluding carboxylic acids is 2. The Balaban J connectivity index is 0.00000361. The fraction of sp³-hybridized carbons (Fsp3) is 0.857. The summed E-state index contributed by atoms with van der Waals surface area (Å²) in [6.07, 6.45) is 5.20. The zero-order valence-electron chi connectivity index (χ0n) is 12.5. The summed E-state index contributed by atoms with van der Waals surface area (Å²) >= 11 is 0. The van der Waals surface area contributed by atoms with Crippen LogP contribution in [0.5, 0.6) is 0 Å². The van der Waals surface area contributed by atoms with Crippen molar-refractivity contribution in [3.05, 3.63) is 0 Å². The molecule has 1 saturated heterocycles. The van der Waals surface area contributed by atoms with E-state index in [9.17, 15) is 9.59 Å². The highest BCUT2D eigenvalue weighted by Crippen LogP contribution is 2.33. The van der Waals surface area contributed by atoms with Crippen LogP contribution < -0.4 is 11.5 Å². The average molecular weight is 306 g/mol. The van der Waals surface area contributed by atoms with Crippen molar-refractivity contribution in [1.29, 1.82) is 0 Å². The van der Waals surface area contributed by atoms with E-state index in [1.165, 1.54) is 0 Å². The summed E-state index contributed by atoms with van der Waals surface area (Å²) < 4.78 is 0. The molecule has 3 unspecified atom stereocenters. The molecule has 118 valence electrons. The second-order valence-electron chi connectivity index (χ2n) is 5.50. The minimum absolute atomic E-state index is 0. The third kappa shape index (κ3) is 4.63. The number of halogens is 1. The molecule has 0 aromatic heterocycles. The van der Waals surface area contributed by atoms with Crippen molar-refractivity contribution in [3.63, 3.8) is 0 Å². The number of nitrogens with two attached hydrogens (primary N) is 2. The first kappa shape index (κ1) is 19.2. The molecule has 20 heavy (non-hydrogen) atoms. The number of primary amides is 2. The van der Waals surface area contributed by atoms with Gasteiger partial charge in [0.2, 0.25) is 11.8 Å². The highest BCUT2D eigenvalue weighted by atomic mass is 35.5. The van der Waals surface area contributed by atoms with Crippen LogP contribution in [0.15, 0.2) is 0 Å². The first-order valence-corrected chi connectivity index (χ1v) is 7.35. The summed E-state index contributed by atoms with van der Waals surface area (Å²) in [5, 5.41) is 0. The van der Waals surface area contributed by atoms with E-state index in [-0.39, 0.29) is 24.4 Å². The maximum absolute atomic E-state index is 11.7. The molecule has 1 aliphatic rings. The van der Waals surface area contributed by atoms with E-state index in [4.69, 9.17) is 11.5 Å². The minimum Gasteiger partial charge on any atom is -0.369 e. The van der Waals surface area contributed by atoms with Crippen molar-refractivity contribution >= 4 is 24.2 Å². The monoisotopic (exact) mass is 305 g/mol. The smallest absolute Gasteiger partial charge is 0.222 e. The molecule has 6 heteroatoms. The second-order valence-corrected chi connectivity index (χ2v) is 5.50. The average Bonchev–Trinajstić information content (AvgIpc) is 2.72. The summed E-state index contributed by atoms with van der Waals surface area (Å²) in [5.41, 5.74) is 10.9. The van der Waals surface area contributed by atoms with Crippen molar-refractivity contribution in [2.75, 3.05) is 13.1 Å². The lowest BCUT2D eigenvalue weighted by molar-refractivity contribution is -0.130. The van der Waals surface area contributed by atoms with Crippen LogP contribution >= 0.6 is 12.4 Å². The Bertz CT molecular complexity index is 326. The topological polar surface area (TPSA) is 89.4 Å². The Labute approximate surface area is 127 Å². The molecule has 0 saturated carbocycles. The van der Waals surface area contributed by atoms with Gasteiger partial charge >= 0.3 is 0 Å². The molecule has 0 bridgehead atoms. The molecular formula is C14H28ClN3O2. The Morgan fingerprint density at radius 3 is 2.15 bits per heavy atom. The van der Waals surface area contributed by atoms with Crippen LogP contribution in [-0.2, 0) is 9.59 Å². The van der Waals surface area contributed by atoms with E-state index >= 15 is 0 Å². The Morgan fingerprint density at radius 2 is 1.70 bits per heavy atom. The lowest BCUT2D eigenvalue weighted by Gasteiger charge is -2.26. The predicted molar refractivity (Wildman–Crippen MR) is 82.4 cm³/mol. The van der Waals surface area contributed by atoms with Crippen molar-refractivity contribution in [1.82, 2.24) is 4.90 Å². The number of hydrogen-bond donors (Lipinski definition) is 2. The van der Waals surface area contributed by atoms with Crippen LogP contribution in [0.3, 0.4) is 0 Å². The highest BCUT2D eigenvalue weighted by molar-refractivity contribution is 5.87. The van der Waals surface area contributed by atoms with E-state index in [0.717, 1.165) is 38.6 Å². The van der Waals surface area contributed by atoms with Crippen LogP contribution in [0.25, 0.3) is 0 Å². The predicted octanol–water partition coefficient (Wildman–Crippen LogP) is 1.29. The van der Waals surface area contributed by atoms with Gasteiger partial charge in [-0.3, -0.25) is 14.5 Å². The molecule has 0 aliphatic carbocycles. The van der Waals surface area contributed by atoms with Crippen LogP contribution in [0.4, 0.5) is 0 Å². The molecule has 1 fully saturated rings. The van der Waals surface area contributed by atoms with Gasteiger partial charge in [0, 0.05) is 12.6 Å². The van der Waals surface area contributed by atoms with Gasteiger partial charge < -0.3 is 11.5 Å². The Hall–Kier alpha value is -0.810. The molecule has 5 nitrogen and oxygen atoms in total. The molecule has 3 atom stereocenters. The maximum Gasteiger partial charge on any atom is 0.222 e. The molecule has 4 N–H and O–H groups in total. The maximum atomic E-state index is 11.7. The van der Waals surface area contributed by atoms with Crippen LogP contribution in [0.1, 0.15) is 46.0 Å². The fourth-order valence-electron chi connectivity index (χ4n) is 3.05. The third-order valence-corrected chi connectivity index (χ3v) is 4.09. The van der Waals surface area contributed by atoms with Crippen LogP contribution in [0, 0.1) is 11.8 Å². The van der Waals surface area contributed by atoms with E-state index in [0.29, 0.717) is 6.54 Å². The molecule has 2 amide bonds. The normalized spacial score (nSPS) is 26.2. The molecule has 0 aromatic rings. The van der Waals surface area contributed by atoms with Gasteiger partial charge in [-0.15, -0.1) is 12.4 Å². The number of hydrogen-bond acceptors (Lipinski definition) is 3. The summed E-state index contributed by atoms with van der Waals surface area (Å²) in [6.45, 7) is 5.75. The van der Waals surface area contributed by atoms with Crippen molar-refractivity contribution in [3.8, 4) is 0 Å². The summed E-state index contributed by atoms with van der Waals surface area (Å²) in [7, 11) is 0. The number of rotatable bonds is 8. The van der Waals surface area contributed by atoms with Crippen molar-refractivity contribution in [2.45, 2.75) is 52.0 Å². The Kier molecular flexibility index (Phi) is 8.81. The highest BCUT2D eigenvalue weighted by Gasteiger charge is 2.46. The van der Waals surface area contributed by atoms with Gasteiger partial charge in [0.1, 0.15) is 0 Å². The number of unbranched alkanes of at least 4 members (excludes halogenated alkanes) is 2. The van der Waals surface area contributed by atoms with Gasteiger partial charge in [0.25, 0.3) is 0 Å². The third-order valence-electron chi connectivity index (χ3n) is 4.09. The lowest BCUT2D eigenvalue weighted by Crippen LogP contribution is -2.41. The number of amides is 2. The minimum atomic E-state index is -0.420. The van der Waals surface area contributed by atoms with Gasteiger partial charge in [-0.1, -0.05) is 33.1 Å². The van der Waals surface area contributed by atoms with E-state index in [1.807, 2.05) is 0 Å². The van der Waals surface area contributed by atoms with Crippen molar-refractivity contribution in [2.24, 2.45) is 23.3 Å². The zero-order valence-corrected chi connectivity index (χ0v) is 13.3. The van der Waals surface area contributed by atoms with Crippen molar-refractivity contribution < 1.29 is 9.59 Å². The van der Waals surface area contributed by atoms with Crippen LogP contribution in [-0.4, -0.2) is 35.8 Å². The van der Waals surface area contributed by atoms with E-state index < -0.39 is 17.7 Å². The molecule has 0 spiro atoms. The summed E-state index contributed by atoms with van der Waals surface area (Å²) in [5.74, 6) is -1.62. The van der Waals surface area contributed by atoms with Gasteiger partial charge in [-0.25, -0.2) is 0 Å². The first-order valence-electron chi connectivity index (χ1n) is 7.35. The van der Waals surface area contributed by atoms with Gasteiger partial charge in [0.15, 0.2) is 0 Å². The summed E-state index contributed by atoms with van der Waals surface area (Å²) in [4.78, 5) is 25.5. The number of likely N-dealkylation sites (tertiary alicyclic amines) is 1. The molecule has 1 rings (SSSR count). The lowest BCUT2D eigenvalue weighted by atomic mass is 9.87. The molecule has 1 aliphatic heterocycles. The fourth-order valence-corrected chi connectivity index (χ4v) is 3.05. The number of nitrogens with zero attached hydrogens (tertiary/aromatic N) is 1. The molecular weight excluding hydrogens is 278 g/mol. The summed E-state index contributed by atoms with van der Waals surface area (Å²) in [6, 6.07) is 0.0847. The first-order chi connectivity index (χ1) is 9.02. The molecule has 0 aromatic carbocycles. The second kappa shape index (κ2) is 9.19. The largest absolute Gasteiger partial charge is 0.369 e. The quantitative estimate of drug-likeness (QED) is 0.708.